The molecule has 2 rings (SSSR count). The fraction of sp³-hybridized carbons (Fsp3) is 0.667. The highest BCUT2D eigenvalue weighted by Crippen LogP contribution is 2.35. The third-order valence-corrected chi connectivity index (χ3v) is 3.40. The zero-order chi connectivity index (χ0) is 11.7. The van der Waals surface area contributed by atoms with Crippen molar-refractivity contribution < 1.29 is 14.7 Å². The first-order chi connectivity index (χ1) is 7.65. The average molecular weight is 223 g/mol. The summed E-state index contributed by atoms with van der Waals surface area (Å²) >= 11 is 0. The first-order valence-corrected chi connectivity index (χ1v) is 5.76. The SMILES string of the molecule is CC(CO)CN1C(=O)C2CC=CCC2C1=O. The largest absolute Gasteiger partial charge is 0.396 e. The van der Waals surface area contributed by atoms with Crippen LogP contribution in [0.15, 0.2) is 12.2 Å². The molecule has 0 aromatic heterocycles. The Balaban J connectivity index is 2.11. The summed E-state index contributed by atoms with van der Waals surface area (Å²) < 4.78 is 0. The van der Waals surface area contributed by atoms with Gasteiger partial charge in [-0.05, 0) is 18.8 Å². The average Bonchev–Trinajstić information content (AvgIpc) is 2.55. The van der Waals surface area contributed by atoms with Crippen LogP contribution in [0.2, 0.25) is 0 Å². The third-order valence-electron chi connectivity index (χ3n) is 3.40. The Morgan fingerprint density at radius 2 is 1.81 bits per heavy atom. The van der Waals surface area contributed by atoms with E-state index in [1.54, 1.807) is 0 Å². The van der Waals surface area contributed by atoms with Crippen molar-refractivity contribution in [3.63, 3.8) is 0 Å². The molecule has 0 radical (unpaired) electrons. The van der Waals surface area contributed by atoms with Gasteiger partial charge in [0.15, 0.2) is 0 Å². The minimum absolute atomic E-state index is 0.00461. The Morgan fingerprint density at radius 3 is 2.25 bits per heavy atom. The van der Waals surface area contributed by atoms with E-state index in [0.717, 1.165) is 0 Å². The monoisotopic (exact) mass is 223 g/mol. The van der Waals surface area contributed by atoms with Crippen molar-refractivity contribution in [3.8, 4) is 0 Å². The van der Waals surface area contributed by atoms with E-state index in [1.165, 1.54) is 4.90 Å². The molecule has 1 saturated heterocycles. The second kappa shape index (κ2) is 4.37. The molecule has 16 heavy (non-hydrogen) atoms. The van der Waals surface area contributed by atoms with Gasteiger partial charge in [-0.2, -0.15) is 0 Å². The summed E-state index contributed by atoms with van der Waals surface area (Å²) in [5.41, 5.74) is 0. The van der Waals surface area contributed by atoms with Crippen LogP contribution in [-0.2, 0) is 9.59 Å². The minimum atomic E-state index is -0.150. The number of hydrogen-bond donors (Lipinski definition) is 1. The maximum absolute atomic E-state index is 12.0. The third kappa shape index (κ3) is 1.78. The van der Waals surface area contributed by atoms with E-state index in [9.17, 15) is 9.59 Å². The predicted octanol–water partition coefficient (Wildman–Crippen LogP) is 0.566. The Kier molecular flexibility index (Phi) is 3.10. The maximum atomic E-state index is 12.0. The molecule has 0 saturated carbocycles. The molecule has 2 aliphatic rings. The standard InChI is InChI=1S/C12H17NO3/c1-8(7-14)6-13-11(15)9-4-2-3-5-10(9)12(13)16/h2-3,8-10,14H,4-7H2,1H3. The molecule has 3 atom stereocenters. The number of carbonyl (C=O) groups is 2. The summed E-state index contributed by atoms with van der Waals surface area (Å²) in [6, 6.07) is 0. The van der Waals surface area contributed by atoms with Crippen molar-refractivity contribution in [3.05, 3.63) is 12.2 Å². The molecular weight excluding hydrogens is 206 g/mol. The van der Waals surface area contributed by atoms with Crippen LogP contribution in [0.4, 0.5) is 0 Å². The van der Waals surface area contributed by atoms with Gasteiger partial charge in [0.05, 0.1) is 11.8 Å². The van der Waals surface area contributed by atoms with Gasteiger partial charge in [0.25, 0.3) is 0 Å². The van der Waals surface area contributed by atoms with E-state index in [0.29, 0.717) is 19.4 Å². The van der Waals surface area contributed by atoms with Crippen LogP contribution >= 0.6 is 0 Å². The number of aliphatic hydroxyl groups excluding tert-OH is 1. The fourth-order valence-electron chi connectivity index (χ4n) is 2.42. The van der Waals surface area contributed by atoms with Crippen LogP contribution in [0.5, 0.6) is 0 Å². The van der Waals surface area contributed by atoms with E-state index in [1.807, 2.05) is 19.1 Å². The highest BCUT2D eigenvalue weighted by atomic mass is 16.3. The predicted molar refractivity (Wildman–Crippen MR) is 58.3 cm³/mol. The van der Waals surface area contributed by atoms with Crippen molar-refractivity contribution in [2.45, 2.75) is 19.8 Å². The number of rotatable bonds is 3. The van der Waals surface area contributed by atoms with Crippen molar-refractivity contribution in [1.82, 2.24) is 4.90 Å². The first-order valence-electron chi connectivity index (χ1n) is 5.76. The number of allylic oxidation sites excluding steroid dienone is 2. The summed E-state index contributed by atoms with van der Waals surface area (Å²) in [5.74, 6) is -0.452. The molecule has 1 aliphatic carbocycles. The molecule has 88 valence electrons. The number of fused-ring (bicyclic) bond motifs is 1. The molecular formula is C12H17NO3. The summed E-state index contributed by atoms with van der Waals surface area (Å²) in [6.45, 7) is 2.19. The van der Waals surface area contributed by atoms with Crippen LogP contribution in [0.25, 0.3) is 0 Å². The van der Waals surface area contributed by atoms with Gasteiger partial charge in [-0.1, -0.05) is 19.1 Å². The zero-order valence-electron chi connectivity index (χ0n) is 9.43. The van der Waals surface area contributed by atoms with E-state index in [2.05, 4.69) is 0 Å². The molecule has 1 fully saturated rings. The molecule has 0 aromatic rings. The topological polar surface area (TPSA) is 57.6 Å². The number of aliphatic hydroxyl groups is 1. The first kappa shape index (κ1) is 11.3. The van der Waals surface area contributed by atoms with E-state index in [4.69, 9.17) is 5.11 Å². The number of likely N-dealkylation sites (tertiary alicyclic amines) is 1. The molecule has 3 unspecified atom stereocenters. The van der Waals surface area contributed by atoms with Crippen molar-refractivity contribution >= 4 is 11.8 Å². The van der Waals surface area contributed by atoms with Crippen LogP contribution in [0, 0.1) is 17.8 Å². The summed E-state index contributed by atoms with van der Waals surface area (Å²) in [5, 5.41) is 8.96. The molecule has 0 spiro atoms. The number of nitrogens with zero attached hydrogens (tertiary/aromatic N) is 1. The number of amides is 2. The molecule has 0 bridgehead atoms. The molecule has 2 amide bonds. The van der Waals surface area contributed by atoms with Crippen molar-refractivity contribution in [2.24, 2.45) is 17.8 Å². The van der Waals surface area contributed by atoms with Gasteiger partial charge in [0, 0.05) is 13.2 Å². The van der Waals surface area contributed by atoms with Gasteiger partial charge in [-0.15, -0.1) is 0 Å². The van der Waals surface area contributed by atoms with Gasteiger partial charge >= 0.3 is 0 Å². The lowest BCUT2D eigenvalue weighted by Crippen LogP contribution is -2.35. The molecule has 4 heteroatoms. The quantitative estimate of drug-likeness (QED) is 0.562. The molecule has 0 aromatic carbocycles. The van der Waals surface area contributed by atoms with Crippen LogP contribution in [0.3, 0.4) is 0 Å². The highest BCUT2D eigenvalue weighted by Gasteiger charge is 2.47. The molecule has 1 heterocycles. The van der Waals surface area contributed by atoms with Gasteiger partial charge in [0.2, 0.25) is 11.8 Å². The van der Waals surface area contributed by atoms with Crippen LogP contribution < -0.4 is 0 Å². The zero-order valence-corrected chi connectivity index (χ0v) is 9.43. The Hall–Kier alpha value is -1.16. The van der Waals surface area contributed by atoms with Crippen molar-refractivity contribution in [1.29, 1.82) is 0 Å². The van der Waals surface area contributed by atoms with E-state index in [-0.39, 0.29) is 36.2 Å². The van der Waals surface area contributed by atoms with E-state index < -0.39 is 0 Å². The minimum Gasteiger partial charge on any atom is -0.396 e. The fourth-order valence-corrected chi connectivity index (χ4v) is 2.42. The lowest BCUT2D eigenvalue weighted by atomic mass is 9.85. The van der Waals surface area contributed by atoms with Gasteiger partial charge in [-0.25, -0.2) is 0 Å². The summed E-state index contributed by atoms with van der Waals surface area (Å²) in [6.07, 6.45) is 5.31. The van der Waals surface area contributed by atoms with Gasteiger partial charge < -0.3 is 5.11 Å². The Labute approximate surface area is 94.9 Å². The molecule has 4 nitrogen and oxygen atoms in total. The Morgan fingerprint density at radius 1 is 1.31 bits per heavy atom. The highest BCUT2D eigenvalue weighted by molar-refractivity contribution is 6.05. The smallest absolute Gasteiger partial charge is 0.233 e. The van der Waals surface area contributed by atoms with E-state index >= 15 is 0 Å². The van der Waals surface area contributed by atoms with Crippen molar-refractivity contribution in [2.75, 3.05) is 13.2 Å². The summed E-state index contributed by atoms with van der Waals surface area (Å²) in [4.78, 5) is 25.3. The number of imide groups is 1. The molecule has 1 N–H and O–H groups in total. The number of hydrogen-bond acceptors (Lipinski definition) is 3. The number of carbonyl (C=O) groups excluding carboxylic acids is 2. The normalized spacial score (nSPS) is 30.8. The van der Waals surface area contributed by atoms with Crippen LogP contribution in [-0.4, -0.2) is 35.0 Å². The Bertz CT molecular complexity index is 311. The lowest BCUT2D eigenvalue weighted by Gasteiger charge is -2.18. The molecule has 1 aliphatic heterocycles. The van der Waals surface area contributed by atoms with Crippen LogP contribution in [0.1, 0.15) is 19.8 Å². The lowest BCUT2D eigenvalue weighted by molar-refractivity contribution is -0.140. The summed E-state index contributed by atoms with van der Waals surface area (Å²) in [7, 11) is 0. The van der Waals surface area contributed by atoms with Gasteiger partial charge in [-0.3, -0.25) is 14.5 Å². The second-order valence-electron chi connectivity index (χ2n) is 4.73. The maximum Gasteiger partial charge on any atom is 0.233 e. The second-order valence-corrected chi connectivity index (χ2v) is 4.73. The van der Waals surface area contributed by atoms with Gasteiger partial charge in [0.1, 0.15) is 0 Å².